The van der Waals surface area contributed by atoms with E-state index in [0.29, 0.717) is 4.47 Å². The molecule has 1 rings (SSSR count). The number of halogens is 2. The Hall–Kier alpha value is -0.740. The first kappa shape index (κ1) is 13.3. The van der Waals surface area contributed by atoms with Crippen molar-refractivity contribution < 1.29 is 9.18 Å². The van der Waals surface area contributed by atoms with Gasteiger partial charge >= 0.3 is 0 Å². The van der Waals surface area contributed by atoms with Gasteiger partial charge in [0.15, 0.2) is 5.78 Å². The van der Waals surface area contributed by atoms with Crippen molar-refractivity contribution in [3.8, 4) is 0 Å². The standard InChI is InChI=1S/C12H15BrFNO/c1-12(2,3)15-7-10(16)8-5-4-6-9(13)11(8)14/h4-6,15H,7H2,1-3H3. The molecule has 88 valence electrons. The Kier molecular flexibility index (Phi) is 4.21. The molecule has 0 fully saturated rings. The molecule has 16 heavy (non-hydrogen) atoms. The van der Waals surface area contributed by atoms with Crippen LogP contribution in [0.5, 0.6) is 0 Å². The normalized spacial score (nSPS) is 11.6. The maximum atomic E-state index is 13.6. The molecule has 0 aliphatic carbocycles. The van der Waals surface area contributed by atoms with Gasteiger partial charge in [0, 0.05) is 5.54 Å². The fourth-order valence-electron chi connectivity index (χ4n) is 1.16. The third kappa shape index (κ3) is 3.68. The molecule has 1 N–H and O–H groups in total. The van der Waals surface area contributed by atoms with E-state index < -0.39 is 5.82 Å². The molecule has 0 aliphatic rings. The molecule has 2 nitrogen and oxygen atoms in total. The van der Waals surface area contributed by atoms with Gasteiger partial charge in [-0.15, -0.1) is 0 Å². The average molecular weight is 288 g/mol. The molecular weight excluding hydrogens is 273 g/mol. The summed E-state index contributed by atoms with van der Waals surface area (Å²) in [7, 11) is 0. The Bertz CT molecular complexity index is 398. The van der Waals surface area contributed by atoms with Crippen LogP contribution in [0.2, 0.25) is 0 Å². The summed E-state index contributed by atoms with van der Waals surface area (Å²) in [4.78, 5) is 11.7. The molecule has 0 aliphatic heterocycles. The molecule has 1 aromatic rings. The monoisotopic (exact) mass is 287 g/mol. The van der Waals surface area contributed by atoms with Crippen LogP contribution < -0.4 is 5.32 Å². The van der Waals surface area contributed by atoms with Gasteiger partial charge in [-0.1, -0.05) is 6.07 Å². The minimum absolute atomic E-state index is 0.117. The van der Waals surface area contributed by atoms with Gasteiger partial charge in [0.25, 0.3) is 0 Å². The van der Waals surface area contributed by atoms with Crippen molar-refractivity contribution in [1.82, 2.24) is 5.32 Å². The summed E-state index contributed by atoms with van der Waals surface area (Å²) in [6.07, 6.45) is 0. The Balaban J connectivity index is 2.78. The van der Waals surface area contributed by atoms with Gasteiger partial charge in [-0.05, 0) is 48.8 Å². The minimum Gasteiger partial charge on any atom is -0.305 e. The van der Waals surface area contributed by atoms with Crippen molar-refractivity contribution in [3.05, 3.63) is 34.1 Å². The third-order valence-electron chi connectivity index (χ3n) is 2.03. The van der Waals surface area contributed by atoms with E-state index in [9.17, 15) is 9.18 Å². The molecular formula is C12H15BrFNO. The molecule has 0 spiro atoms. The molecule has 0 atom stereocenters. The Morgan fingerprint density at radius 1 is 1.44 bits per heavy atom. The number of carbonyl (C=O) groups is 1. The zero-order chi connectivity index (χ0) is 12.3. The second-order valence-corrected chi connectivity index (χ2v) is 5.48. The van der Waals surface area contributed by atoms with Crippen molar-refractivity contribution in [3.63, 3.8) is 0 Å². The maximum absolute atomic E-state index is 13.6. The zero-order valence-electron chi connectivity index (χ0n) is 9.60. The fraction of sp³-hybridized carbons (Fsp3) is 0.417. The number of rotatable bonds is 3. The van der Waals surface area contributed by atoms with Crippen LogP contribution >= 0.6 is 15.9 Å². The minimum atomic E-state index is -0.497. The lowest BCUT2D eigenvalue weighted by Gasteiger charge is -2.19. The molecule has 0 saturated heterocycles. The van der Waals surface area contributed by atoms with Gasteiger partial charge in [-0.25, -0.2) is 4.39 Å². The smallest absolute Gasteiger partial charge is 0.179 e. The summed E-state index contributed by atoms with van der Waals surface area (Å²) in [6, 6.07) is 4.72. The van der Waals surface area contributed by atoms with Crippen LogP contribution in [-0.4, -0.2) is 17.9 Å². The van der Waals surface area contributed by atoms with E-state index in [-0.39, 0.29) is 23.4 Å². The Labute approximate surface area is 103 Å². The summed E-state index contributed by atoms with van der Waals surface area (Å²) >= 11 is 3.06. The summed E-state index contributed by atoms with van der Waals surface area (Å²) in [5.41, 5.74) is -0.0378. The topological polar surface area (TPSA) is 29.1 Å². The maximum Gasteiger partial charge on any atom is 0.179 e. The SMILES string of the molecule is CC(C)(C)NCC(=O)c1cccc(Br)c1F. The quantitative estimate of drug-likeness (QED) is 0.866. The highest BCUT2D eigenvalue weighted by atomic mass is 79.9. The second kappa shape index (κ2) is 5.06. The number of ketones is 1. The largest absolute Gasteiger partial charge is 0.305 e. The predicted octanol–water partition coefficient (Wildman–Crippen LogP) is 3.16. The number of nitrogens with one attached hydrogen (secondary N) is 1. The molecule has 0 bridgehead atoms. The average Bonchev–Trinajstić information content (AvgIpc) is 2.17. The first-order chi connectivity index (χ1) is 7.31. The highest BCUT2D eigenvalue weighted by Crippen LogP contribution is 2.18. The van der Waals surface area contributed by atoms with Crippen LogP contribution in [0.25, 0.3) is 0 Å². The van der Waals surface area contributed by atoms with E-state index in [4.69, 9.17) is 0 Å². The second-order valence-electron chi connectivity index (χ2n) is 4.63. The van der Waals surface area contributed by atoms with Crippen LogP contribution in [0.15, 0.2) is 22.7 Å². The Morgan fingerprint density at radius 3 is 2.62 bits per heavy atom. The summed E-state index contributed by atoms with van der Waals surface area (Å²) in [5, 5.41) is 3.04. The van der Waals surface area contributed by atoms with Gasteiger partial charge in [-0.2, -0.15) is 0 Å². The van der Waals surface area contributed by atoms with E-state index in [1.807, 2.05) is 20.8 Å². The summed E-state index contributed by atoms with van der Waals surface area (Å²) < 4.78 is 13.9. The first-order valence-electron chi connectivity index (χ1n) is 5.03. The van der Waals surface area contributed by atoms with Crippen molar-refractivity contribution in [2.45, 2.75) is 26.3 Å². The number of hydrogen-bond donors (Lipinski definition) is 1. The molecule has 0 radical (unpaired) electrons. The van der Waals surface area contributed by atoms with E-state index in [1.54, 1.807) is 12.1 Å². The van der Waals surface area contributed by atoms with Crippen LogP contribution in [0.4, 0.5) is 4.39 Å². The predicted molar refractivity (Wildman–Crippen MR) is 66.2 cm³/mol. The van der Waals surface area contributed by atoms with E-state index in [1.165, 1.54) is 6.07 Å². The lowest BCUT2D eigenvalue weighted by atomic mass is 10.1. The molecule has 0 heterocycles. The van der Waals surface area contributed by atoms with E-state index >= 15 is 0 Å². The summed E-state index contributed by atoms with van der Waals surface area (Å²) in [5.74, 6) is -0.739. The van der Waals surface area contributed by atoms with Gasteiger partial charge in [0.05, 0.1) is 16.6 Å². The zero-order valence-corrected chi connectivity index (χ0v) is 11.2. The molecule has 0 aromatic heterocycles. The highest BCUT2D eigenvalue weighted by molar-refractivity contribution is 9.10. The Morgan fingerprint density at radius 2 is 2.06 bits per heavy atom. The lowest BCUT2D eigenvalue weighted by Crippen LogP contribution is -2.39. The number of carbonyl (C=O) groups excluding carboxylic acids is 1. The van der Waals surface area contributed by atoms with Crippen molar-refractivity contribution >= 4 is 21.7 Å². The highest BCUT2D eigenvalue weighted by Gasteiger charge is 2.16. The third-order valence-corrected chi connectivity index (χ3v) is 2.64. The van der Waals surface area contributed by atoms with Crippen LogP contribution in [0.1, 0.15) is 31.1 Å². The molecule has 0 saturated carbocycles. The van der Waals surface area contributed by atoms with Crippen molar-refractivity contribution in [2.75, 3.05) is 6.54 Å². The van der Waals surface area contributed by atoms with Crippen molar-refractivity contribution in [2.24, 2.45) is 0 Å². The lowest BCUT2D eigenvalue weighted by molar-refractivity contribution is 0.0978. The molecule has 4 heteroatoms. The van der Waals surface area contributed by atoms with Crippen LogP contribution in [-0.2, 0) is 0 Å². The van der Waals surface area contributed by atoms with E-state index in [2.05, 4.69) is 21.2 Å². The number of benzene rings is 1. The fourth-order valence-corrected chi connectivity index (χ4v) is 1.53. The van der Waals surface area contributed by atoms with Crippen LogP contribution in [0, 0.1) is 5.82 Å². The molecule has 0 amide bonds. The summed E-state index contributed by atoms with van der Waals surface area (Å²) in [6.45, 7) is 6.00. The van der Waals surface area contributed by atoms with Gasteiger partial charge < -0.3 is 5.32 Å². The van der Waals surface area contributed by atoms with Crippen LogP contribution in [0.3, 0.4) is 0 Å². The number of hydrogen-bond acceptors (Lipinski definition) is 2. The molecule has 1 aromatic carbocycles. The van der Waals surface area contributed by atoms with Gasteiger partial charge in [0.2, 0.25) is 0 Å². The molecule has 0 unspecified atom stereocenters. The van der Waals surface area contributed by atoms with E-state index in [0.717, 1.165) is 0 Å². The number of Topliss-reactive ketones (excluding diaryl/α,β-unsaturated/α-hetero) is 1. The van der Waals surface area contributed by atoms with Gasteiger partial charge in [0.1, 0.15) is 5.82 Å². The van der Waals surface area contributed by atoms with Gasteiger partial charge in [-0.3, -0.25) is 4.79 Å². The first-order valence-corrected chi connectivity index (χ1v) is 5.83. The van der Waals surface area contributed by atoms with Crippen molar-refractivity contribution in [1.29, 1.82) is 0 Å².